The van der Waals surface area contributed by atoms with Crippen molar-refractivity contribution in [2.45, 2.75) is 13.3 Å². The fourth-order valence-corrected chi connectivity index (χ4v) is 2.33. The summed E-state index contributed by atoms with van der Waals surface area (Å²) in [4.78, 5) is 12.3. The van der Waals surface area contributed by atoms with Gasteiger partial charge in [-0.15, -0.1) is 0 Å². The maximum absolute atomic E-state index is 12.3. The third kappa shape index (κ3) is 3.84. The fraction of sp³-hybridized carbons (Fsp3) is 0.188. The van der Waals surface area contributed by atoms with E-state index >= 15 is 0 Å². The fourth-order valence-electron chi connectivity index (χ4n) is 1.84. The number of amides is 1. The molecule has 116 valence electrons. The van der Waals surface area contributed by atoms with Crippen molar-refractivity contribution < 1.29 is 9.53 Å². The number of hydrogen-bond donors (Lipinski definition) is 2. The van der Waals surface area contributed by atoms with Gasteiger partial charge in [0.2, 0.25) is 0 Å². The summed E-state index contributed by atoms with van der Waals surface area (Å²) in [6.45, 7) is 2.58. The molecule has 0 aliphatic heterocycles. The summed E-state index contributed by atoms with van der Waals surface area (Å²) in [5, 5.41) is 3.43. The predicted molar refractivity (Wildman–Crippen MR) is 91.1 cm³/mol. The zero-order valence-corrected chi connectivity index (χ0v) is 13.5. The smallest absolute Gasteiger partial charge is 0.255 e. The van der Waals surface area contributed by atoms with Gasteiger partial charge >= 0.3 is 0 Å². The highest BCUT2D eigenvalue weighted by atomic mass is 35.5. The van der Waals surface area contributed by atoms with E-state index in [9.17, 15) is 4.79 Å². The summed E-state index contributed by atoms with van der Waals surface area (Å²) in [7, 11) is 0. The molecule has 4 nitrogen and oxygen atoms in total. The zero-order valence-electron chi connectivity index (χ0n) is 12.0. The number of hydrogen-bond acceptors (Lipinski definition) is 3. The van der Waals surface area contributed by atoms with E-state index in [0.717, 1.165) is 6.42 Å². The molecule has 0 aliphatic rings. The molecule has 0 heterocycles. The molecule has 6 heteroatoms. The Balaban J connectivity index is 2.18. The average molecular weight is 339 g/mol. The Morgan fingerprint density at radius 1 is 1.23 bits per heavy atom. The zero-order chi connectivity index (χ0) is 16.1. The van der Waals surface area contributed by atoms with Gasteiger partial charge in [-0.05, 0) is 36.8 Å². The van der Waals surface area contributed by atoms with Gasteiger partial charge in [-0.3, -0.25) is 4.79 Å². The van der Waals surface area contributed by atoms with Gasteiger partial charge in [0.15, 0.2) is 0 Å². The minimum Gasteiger partial charge on any atom is -0.491 e. The predicted octanol–water partition coefficient (Wildman–Crippen LogP) is 4.62. The van der Waals surface area contributed by atoms with Gasteiger partial charge in [0, 0.05) is 5.56 Å². The first-order chi connectivity index (χ1) is 10.5. The molecule has 3 N–H and O–H groups in total. The van der Waals surface area contributed by atoms with Crippen molar-refractivity contribution in [3.63, 3.8) is 0 Å². The first kappa shape index (κ1) is 16.5. The van der Waals surface area contributed by atoms with Crippen LogP contribution < -0.4 is 15.8 Å². The minimum atomic E-state index is -0.344. The summed E-state index contributed by atoms with van der Waals surface area (Å²) < 4.78 is 5.48. The highest BCUT2D eigenvalue weighted by Crippen LogP contribution is 2.30. The van der Waals surface area contributed by atoms with Crippen molar-refractivity contribution in [2.75, 3.05) is 17.7 Å². The molecule has 0 fully saturated rings. The number of halogens is 2. The van der Waals surface area contributed by atoms with Crippen molar-refractivity contribution >= 4 is 40.5 Å². The Hall–Kier alpha value is -1.91. The van der Waals surface area contributed by atoms with Crippen molar-refractivity contribution in [2.24, 2.45) is 0 Å². The molecular formula is C16H16Cl2N2O2. The number of nitrogen functional groups attached to an aromatic ring is 1. The van der Waals surface area contributed by atoms with Gasteiger partial charge in [0.05, 0.1) is 28.0 Å². The van der Waals surface area contributed by atoms with Crippen LogP contribution in [0.15, 0.2) is 36.4 Å². The highest BCUT2D eigenvalue weighted by Gasteiger charge is 2.13. The molecule has 0 saturated carbocycles. The maximum Gasteiger partial charge on any atom is 0.255 e. The molecule has 1 amide bonds. The monoisotopic (exact) mass is 338 g/mol. The molecule has 0 saturated heterocycles. The lowest BCUT2D eigenvalue weighted by atomic mass is 10.1. The van der Waals surface area contributed by atoms with Crippen LogP contribution in [-0.4, -0.2) is 12.5 Å². The van der Waals surface area contributed by atoms with Crippen LogP contribution in [0.2, 0.25) is 10.0 Å². The molecule has 0 aliphatic carbocycles. The number of nitrogens with two attached hydrogens (primary N) is 1. The SMILES string of the molecule is CCCOc1ccc(C(=O)Nc2c(Cl)cccc2Cl)cc1N. The van der Waals surface area contributed by atoms with E-state index in [1.54, 1.807) is 36.4 Å². The second kappa shape index (κ2) is 7.38. The molecule has 0 atom stereocenters. The molecular weight excluding hydrogens is 323 g/mol. The largest absolute Gasteiger partial charge is 0.491 e. The molecule has 0 bridgehead atoms. The topological polar surface area (TPSA) is 64.3 Å². The van der Waals surface area contributed by atoms with Crippen molar-refractivity contribution in [1.82, 2.24) is 0 Å². The van der Waals surface area contributed by atoms with Gasteiger partial charge in [0.1, 0.15) is 5.75 Å². The van der Waals surface area contributed by atoms with Crippen molar-refractivity contribution in [3.05, 3.63) is 52.0 Å². The molecule has 0 aromatic heterocycles. The van der Waals surface area contributed by atoms with Gasteiger partial charge in [-0.1, -0.05) is 36.2 Å². The van der Waals surface area contributed by atoms with E-state index < -0.39 is 0 Å². The van der Waals surface area contributed by atoms with Gasteiger partial charge in [-0.25, -0.2) is 0 Å². The highest BCUT2D eigenvalue weighted by molar-refractivity contribution is 6.40. The maximum atomic E-state index is 12.3. The molecule has 2 aromatic rings. The number of carbonyl (C=O) groups is 1. The van der Waals surface area contributed by atoms with Crippen LogP contribution >= 0.6 is 23.2 Å². The lowest BCUT2D eigenvalue weighted by molar-refractivity contribution is 0.102. The lowest BCUT2D eigenvalue weighted by Gasteiger charge is -2.11. The van der Waals surface area contributed by atoms with Crippen LogP contribution in [0.25, 0.3) is 0 Å². The number of anilines is 2. The summed E-state index contributed by atoms with van der Waals surface area (Å²) in [6.07, 6.45) is 0.882. The Morgan fingerprint density at radius 2 is 1.91 bits per heavy atom. The Bertz CT molecular complexity index is 670. The lowest BCUT2D eigenvalue weighted by Crippen LogP contribution is -2.13. The molecule has 22 heavy (non-hydrogen) atoms. The van der Waals surface area contributed by atoms with E-state index in [1.165, 1.54) is 0 Å². The van der Waals surface area contributed by atoms with E-state index in [2.05, 4.69) is 5.32 Å². The second-order valence-corrected chi connectivity index (χ2v) is 5.47. The summed E-state index contributed by atoms with van der Waals surface area (Å²) in [5.41, 5.74) is 7.08. The van der Waals surface area contributed by atoms with Crippen LogP contribution in [0.4, 0.5) is 11.4 Å². The molecule has 0 radical (unpaired) electrons. The van der Waals surface area contributed by atoms with E-state index in [0.29, 0.717) is 39.3 Å². The standard InChI is InChI=1S/C16H16Cl2N2O2/c1-2-8-22-14-7-6-10(9-13(14)19)16(21)20-15-11(17)4-3-5-12(15)18/h3-7,9H,2,8,19H2,1H3,(H,20,21). The first-order valence-corrected chi connectivity index (χ1v) is 7.56. The van der Waals surface area contributed by atoms with Crippen molar-refractivity contribution in [3.8, 4) is 5.75 Å². The number of benzene rings is 2. The molecule has 2 rings (SSSR count). The van der Waals surface area contributed by atoms with E-state index in [-0.39, 0.29) is 5.91 Å². The van der Waals surface area contributed by atoms with Gasteiger partial charge < -0.3 is 15.8 Å². The third-order valence-electron chi connectivity index (χ3n) is 2.93. The first-order valence-electron chi connectivity index (χ1n) is 6.80. The quantitative estimate of drug-likeness (QED) is 0.782. The number of nitrogens with one attached hydrogen (secondary N) is 1. The van der Waals surface area contributed by atoms with Crippen LogP contribution in [0.1, 0.15) is 23.7 Å². The average Bonchev–Trinajstić information content (AvgIpc) is 2.49. The van der Waals surface area contributed by atoms with E-state index in [1.807, 2.05) is 6.92 Å². The number of para-hydroxylation sites is 1. The molecule has 2 aromatic carbocycles. The van der Waals surface area contributed by atoms with Crippen molar-refractivity contribution in [1.29, 1.82) is 0 Å². The third-order valence-corrected chi connectivity index (χ3v) is 3.56. The summed E-state index contributed by atoms with van der Waals surface area (Å²) in [6, 6.07) is 9.89. The Morgan fingerprint density at radius 3 is 2.50 bits per heavy atom. The molecule has 0 spiro atoms. The summed E-state index contributed by atoms with van der Waals surface area (Å²) in [5.74, 6) is 0.220. The number of ether oxygens (including phenoxy) is 1. The normalized spacial score (nSPS) is 10.3. The van der Waals surface area contributed by atoms with Crippen LogP contribution in [0.5, 0.6) is 5.75 Å². The van der Waals surface area contributed by atoms with Gasteiger partial charge in [-0.2, -0.15) is 0 Å². The summed E-state index contributed by atoms with van der Waals surface area (Å²) >= 11 is 12.1. The van der Waals surface area contributed by atoms with Crippen LogP contribution in [0.3, 0.4) is 0 Å². The van der Waals surface area contributed by atoms with Crippen LogP contribution in [-0.2, 0) is 0 Å². The van der Waals surface area contributed by atoms with Crippen LogP contribution in [0, 0.1) is 0 Å². The number of carbonyl (C=O) groups excluding carboxylic acids is 1. The Kier molecular flexibility index (Phi) is 5.52. The second-order valence-electron chi connectivity index (χ2n) is 4.65. The minimum absolute atomic E-state index is 0.344. The van der Waals surface area contributed by atoms with Gasteiger partial charge in [0.25, 0.3) is 5.91 Å². The Labute approximate surface area is 139 Å². The number of rotatable bonds is 5. The molecule has 0 unspecified atom stereocenters. The van der Waals surface area contributed by atoms with E-state index in [4.69, 9.17) is 33.7 Å².